The first-order valence-electron chi connectivity index (χ1n) is 20.3. The number of benzene rings is 2. The number of Topliss-reactive ketones (excluding diaryl/α,β-unsaturated/α-hetero) is 3. The lowest BCUT2D eigenvalue weighted by molar-refractivity contribution is -0.191. The number of phenols is 1. The van der Waals surface area contributed by atoms with E-state index >= 15 is 24.0 Å². The third-order valence-electron chi connectivity index (χ3n) is 10.8. The standard InChI is InChI=1S/C43H65N7O9/c1-5-7-14-31(45)36(53)42(29(25-51)20-21-44,37(54)33(47)22-26(3)4)43(41(58)59,38(55)34(48)23-27-12-10-9-11-13-27)50(39(56)32(46)15-8-6-2)40(57)35(49)24-28-16-18-30(52)19-17-28/h9-13,16-19,25-26,29,31-35,52H,5-8,14-15,20-24,44-49H2,1-4H3,(H,58,59). The molecule has 59 heavy (non-hydrogen) atoms. The van der Waals surface area contributed by atoms with Gasteiger partial charge in [0.05, 0.1) is 30.2 Å². The van der Waals surface area contributed by atoms with Crippen LogP contribution in [0.15, 0.2) is 54.6 Å². The van der Waals surface area contributed by atoms with Crippen molar-refractivity contribution in [3.63, 3.8) is 0 Å². The number of rotatable bonds is 27. The van der Waals surface area contributed by atoms with Crippen LogP contribution in [0.3, 0.4) is 0 Å². The van der Waals surface area contributed by atoms with Crippen molar-refractivity contribution < 1.29 is 43.8 Å². The summed E-state index contributed by atoms with van der Waals surface area (Å²) in [5.41, 5.74) is 32.1. The summed E-state index contributed by atoms with van der Waals surface area (Å²) in [6.45, 7) is 6.53. The Bertz CT molecular complexity index is 1740. The summed E-state index contributed by atoms with van der Waals surface area (Å²) in [5, 5.41) is 21.8. The van der Waals surface area contributed by atoms with E-state index in [1.807, 2.05) is 0 Å². The monoisotopic (exact) mass is 823 g/mol. The third kappa shape index (κ3) is 11.3. The van der Waals surface area contributed by atoms with Crippen LogP contribution in [0.5, 0.6) is 5.75 Å². The molecule has 16 heteroatoms. The average molecular weight is 824 g/mol. The molecule has 0 aliphatic carbocycles. The van der Waals surface area contributed by atoms with Crippen molar-refractivity contribution in [2.24, 2.45) is 51.7 Å². The second kappa shape index (κ2) is 23.2. The van der Waals surface area contributed by atoms with Gasteiger partial charge < -0.3 is 49.4 Å². The van der Waals surface area contributed by atoms with Crippen molar-refractivity contribution in [3.05, 3.63) is 65.7 Å². The molecule has 2 rings (SSSR count). The number of aldehydes is 1. The molecule has 0 aromatic heterocycles. The largest absolute Gasteiger partial charge is 0.508 e. The summed E-state index contributed by atoms with van der Waals surface area (Å²) in [5.74, 6) is -12.4. The molecule has 0 aliphatic heterocycles. The lowest BCUT2D eigenvalue weighted by atomic mass is 9.51. The van der Waals surface area contributed by atoms with Gasteiger partial charge in [-0.05, 0) is 74.2 Å². The van der Waals surface area contributed by atoms with Crippen molar-refractivity contribution in [1.29, 1.82) is 0 Å². The number of aliphatic carboxylic acids is 1. The first kappa shape index (κ1) is 50.4. The Balaban J connectivity index is 3.46. The fourth-order valence-corrected chi connectivity index (χ4v) is 7.80. The zero-order valence-corrected chi connectivity index (χ0v) is 34.8. The van der Waals surface area contributed by atoms with Gasteiger partial charge in [-0.15, -0.1) is 0 Å². The van der Waals surface area contributed by atoms with Crippen LogP contribution in [-0.2, 0) is 46.4 Å². The number of ketones is 3. The number of nitrogens with two attached hydrogens (primary N) is 6. The summed E-state index contributed by atoms with van der Waals surface area (Å²) in [6, 6.07) is 4.61. The van der Waals surface area contributed by atoms with E-state index in [2.05, 4.69) is 0 Å². The van der Waals surface area contributed by atoms with Crippen LogP contribution in [-0.4, -0.2) is 98.8 Å². The molecule has 8 unspecified atom stereocenters. The predicted molar refractivity (Wildman–Crippen MR) is 223 cm³/mol. The second-order valence-corrected chi connectivity index (χ2v) is 15.8. The molecule has 0 bridgehead atoms. The third-order valence-corrected chi connectivity index (χ3v) is 10.8. The SMILES string of the molecule is CCCCC(N)C(=O)N(C(=O)C(N)Cc1ccc(O)cc1)C(C(=O)O)(C(=O)C(N)Cc1ccccc1)C(C(=O)C(N)CCCC)(C(=O)C(N)CC(C)C)C(C=O)CCN. The molecule has 2 aromatic rings. The number of hydrogen-bond acceptors (Lipinski definition) is 14. The summed E-state index contributed by atoms with van der Waals surface area (Å²) in [4.78, 5) is 106. The smallest absolute Gasteiger partial charge is 0.339 e. The number of aromatic hydroxyl groups is 1. The van der Waals surface area contributed by atoms with Gasteiger partial charge >= 0.3 is 5.97 Å². The van der Waals surface area contributed by atoms with E-state index in [-0.39, 0.29) is 48.5 Å². The van der Waals surface area contributed by atoms with Gasteiger partial charge in [0.2, 0.25) is 17.4 Å². The maximum atomic E-state index is 15.8. The second-order valence-electron chi connectivity index (χ2n) is 15.8. The molecular weight excluding hydrogens is 759 g/mol. The molecule has 0 saturated carbocycles. The minimum Gasteiger partial charge on any atom is -0.508 e. The van der Waals surface area contributed by atoms with Crippen LogP contribution in [0, 0.1) is 17.3 Å². The number of hydrogen-bond donors (Lipinski definition) is 8. The van der Waals surface area contributed by atoms with Crippen molar-refractivity contribution in [2.45, 2.75) is 128 Å². The summed E-state index contributed by atoms with van der Waals surface area (Å²) in [6.07, 6.45) is -0.203. The maximum absolute atomic E-state index is 15.8. The zero-order valence-electron chi connectivity index (χ0n) is 34.8. The van der Waals surface area contributed by atoms with Crippen molar-refractivity contribution in [3.8, 4) is 5.75 Å². The van der Waals surface area contributed by atoms with E-state index in [1.54, 1.807) is 58.0 Å². The molecule has 8 atom stereocenters. The minimum absolute atomic E-state index is 0.0192. The van der Waals surface area contributed by atoms with Crippen molar-refractivity contribution >= 4 is 41.4 Å². The Morgan fingerprint density at radius 2 is 1.17 bits per heavy atom. The molecule has 0 radical (unpaired) electrons. The van der Waals surface area contributed by atoms with Gasteiger partial charge in [0.25, 0.3) is 0 Å². The summed E-state index contributed by atoms with van der Waals surface area (Å²) in [7, 11) is 0. The van der Waals surface area contributed by atoms with Gasteiger partial charge in [0, 0.05) is 5.92 Å². The Hall–Kier alpha value is -4.71. The van der Waals surface area contributed by atoms with Crippen LogP contribution < -0.4 is 34.4 Å². The first-order valence-corrected chi connectivity index (χ1v) is 20.3. The number of carbonyl (C=O) groups is 7. The average Bonchev–Trinajstić information content (AvgIpc) is 3.20. The van der Waals surface area contributed by atoms with Crippen molar-refractivity contribution in [1.82, 2.24) is 4.90 Å². The molecule has 0 aliphatic rings. The van der Waals surface area contributed by atoms with E-state index in [1.165, 1.54) is 24.3 Å². The molecule has 326 valence electrons. The number of unbranched alkanes of at least 4 members (excludes halogenated alkanes) is 2. The van der Waals surface area contributed by atoms with Crippen LogP contribution in [0.2, 0.25) is 0 Å². The molecule has 0 spiro atoms. The van der Waals surface area contributed by atoms with Crippen LogP contribution >= 0.6 is 0 Å². The number of nitrogens with zero attached hydrogens (tertiary/aromatic N) is 1. The summed E-state index contributed by atoms with van der Waals surface area (Å²) >= 11 is 0. The Morgan fingerprint density at radius 1 is 0.678 bits per heavy atom. The number of imide groups is 1. The fraction of sp³-hybridized carbons (Fsp3) is 0.558. The highest BCUT2D eigenvalue weighted by Gasteiger charge is 2.77. The van der Waals surface area contributed by atoms with E-state index in [9.17, 15) is 19.8 Å². The number of carbonyl (C=O) groups excluding carboxylic acids is 6. The summed E-state index contributed by atoms with van der Waals surface area (Å²) < 4.78 is 0. The van der Waals surface area contributed by atoms with Crippen LogP contribution in [0.4, 0.5) is 0 Å². The minimum atomic E-state index is -3.96. The van der Waals surface area contributed by atoms with Crippen molar-refractivity contribution in [2.75, 3.05) is 6.54 Å². The molecular formula is C43H65N7O9. The van der Waals surface area contributed by atoms with Gasteiger partial charge in [0.15, 0.2) is 17.3 Å². The highest BCUT2D eigenvalue weighted by atomic mass is 16.4. The molecule has 16 nitrogen and oxygen atoms in total. The lowest BCUT2D eigenvalue weighted by Gasteiger charge is -2.54. The number of phenolic OH excluding ortho intramolecular Hbond substituents is 1. The quantitative estimate of drug-likeness (QED) is 0.0465. The highest BCUT2D eigenvalue weighted by Crippen LogP contribution is 2.50. The van der Waals surface area contributed by atoms with E-state index in [0.717, 1.165) is 0 Å². The van der Waals surface area contributed by atoms with E-state index in [0.29, 0.717) is 30.4 Å². The zero-order chi connectivity index (χ0) is 44.7. The van der Waals surface area contributed by atoms with Gasteiger partial charge in [-0.2, -0.15) is 0 Å². The van der Waals surface area contributed by atoms with Gasteiger partial charge in [-0.25, -0.2) is 4.79 Å². The van der Waals surface area contributed by atoms with Crippen LogP contribution in [0.25, 0.3) is 0 Å². The maximum Gasteiger partial charge on any atom is 0.339 e. The molecule has 2 aromatic carbocycles. The Morgan fingerprint density at radius 3 is 1.66 bits per heavy atom. The van der Waals surface area contributed by atoms with Gasteiger partial charge in [-0.1, -0.05) is 95.8 Å². The van der Waals surface area contributed by atoms with Gasteiger partial charge in [0.1, 0.15) is 17.5 Å². The normalized spacial score (nSPS) is 16.7. The number of carboxylic acid groups (broad SMARTS) is 1. The molecule has 0 saturated heterocycles. The molecule has 14 N–H and O–H groups in total. The Kier molecular flexibility index (Phi) is 19.8. The number of amides is 2. The number of carboxylic acids is 1. The molecule has 0 fully saturated rings. The first-order chi connectivity index (χ1) is 27.8. The lowest BCUT2D eigenvalue weighted by Crippen LogP contribution is -2.83. The molecule has 0 heterocycles. The van der Waals surface area contributed by atoms with Crippen LogP contribution in [0.1, 0.15) is 90.2 Å². The fourth-order valence-electron chi connectivity index (χ4n) is 7.80. The van der Waals surface area contributed by atoms with E-state index in [4.69, 9.17) is 34.4 Å². The highest BCUT2D eigenvalue weighted by molar-refractivity contribution is 6.29. The van der Waals surface area contributed by atoms with Gasteiger partial charge in [-0.3, -0.25) is 28.9 Å². The Labute approximate surface area is 346 Å². The predicted octanol–water partition coefficient (Wildman–Crippen LogP) is 1.28. The topological polar surface area (TPSA) is 319 Å². The van der Waals surface area contributed by atoms with E-state index < -0.39 is 108 Å². The molecule has 2 amide bonds.